The Morgan fingerprint density at radius 3 is 2.69 bits per heavy atom. The van der Waals surface area contributed by atoms with E-state index in [0.717, 1.165) is 18.4 Å². The van der Waals surface area contributed by atoms with Gasteiger partial charge < -0.3 is 15.0 Å². The summed E-state index contributed by atoms with van der Waals surface area (Å²) < 4.78 is 5.54. The summed E-state index contributed by atoms with van der Waals surface area (Å²) >= 11 is 0. The fourth-order valence-corrected chi connectivity index (χ4v) is 2.89. The molecule has 2 aromatic rings. The second-order valence-electron chi connectivity index (χ2n) is 6.59. The van der Waals surface area contributed by atoms with Gasteiger partial charge in [0.25, 0.3) is 5.91 Å². The van der Waals surface area contributed by atoms with Crippen molar-refractivity contribution in [1.82, 2.24) is 0 Å². The van der Waals surface area contributed by atoms with Gasteiger partial charge in [0.1, 0.15) is 5.75 Å². The van der Waals surface area contributed by atoms with Gasteiger partial charge in [0, 0.05) is 12.1 Å². The number of anilines is 2. The quantitative estimate of drug-likeness (QED) is 0.853. The lowest BCUT2D eigenvalue weighted by Crippen LogP contribution is -2.38. The van der Waals surface area contributed by atoms with E-state index >= 15 is 0 Å². The molecule has 5 heteroatoms. The lowest BCUT2D eigenvalue weighted by Gasteiger charge is -2.30. The van der Waals surface area contributed by atoms with Crippen LogP contribution in [0.3, 0.4) is 0 Å². The van der Waals surface area contributed by atoms with Crippen molar-refractivity contribution in [2.45, 2.75) is 39.7 Å². The minimum atomic E-state index is -0.0902. The zero-order valence-electron chi connectivity index (χ0n) is 15.2. The highest BCUT2D eigenvalue weighted by atomic mass is 16.5. The predicted molar refractivity (Wildman–Crippen MR) is 102 cm³/mol. The molecule has 1 aliphatic rings. The molecule has 2 amide bonds. The first-order valence-electron chi connectivity index (χ1n) is 8.99. The number of carbonyl (C=O) groups is 2. The number of hydrogen-bond donors (Lipinski definition) is 1. The largest absolute Gasteiger partial charge is 0.482 e. The molecule has 1 N–H and O–H groups in total. The molecule has 136 valence electrons. The molecule has 26 heavy (non-hydrogen) atoms. The van der Waals surface area contributed by atoms with E-state index in [2.05, 4.69) is 12.2 Å². The number of amides is 2. The Hall–Kier alpha value is -2.82. The first-order chi connectivity index (χ1) is 12.6. The second kappa shape index (κ2) is 8.04. The smallest absolute Gasteiger partial charge is 0.265 e. The molecule has 0 unspecified atom stereocenters. The second-order valence-corrected chi connectivity index (χ2v) is 6.59. The van der Waals surface area contributed by atoms with Crippen LogP contribution in [0.25, 0.3) is 0 Å². The normalized spacial score (nSPS) is 13.2. The van der Waals surface area contributed by atoms with Crippen LogP contribution in [0.1, 0.15) is 37.3 Å². The van der Waals surface area contributed by atoms with Gasteiger partial charge in [0.2, 0.25) is 5.91 Å². The van der Waals surface area contributed by atoms with Crippen molar-refractivity contribution >= 4 is 23.2 Å². The average Bonchev–Trinajstić information content (AvgIpc) is 2.64. The van der Waals surface area contributed by atoms with Crippen molar-refractivity contribution in [2.75, 3.05) is 16.8 Å². The third-order valence-corrected chi connectivity index (χ3v) is 4.40. The summed E-state index contributed by atoms with van der Waals surface area (Å²) in [5, 5.41) is 2.90. The van der Waals surface area contributed by atoms with Gasteiger partial charge in [0.05, 0.1) is 12.2 Å². The molecule has 0 fully saturated rings. The summed E-state index contributed by atoms with van der Waals surface area (Å²) in [6.07, 6.45) is 2.33. The molecule has 0 spiro atoms. The number of nitrogens with one attached hydrogen (secondary N) is 1. The Morgan fingerprint density at radius 1 is 1.19 bits per heavy atom. The number of benzene rings is 2. The molecule has 0 aromatic heterocycles. The van der Waals surface area contributed by atoms with Gasteiger partial charge in [0.15, 0.2) is 6.61 Å². The van der Waals surface area contributed by atoms with Crippen LogP contribution in [0.5, 0.6) is 5.75 Å². The Morgan fingerprint density at radius 2 is 1.96 bits per heavy atom. The monoisotopic (exact) mass is 352 g/mol. The van der Waals surface area contributed by atoms with Crippen LogP contribution in [0.15, 0.2) is 42.5 Å². The van der Waals surface area contributed by atoms with Crippen LogP contribution in [-0.4, -0.2) is 18.4 Å². The fraction of sp³-hybridized carbons (Fsp3) is 0.333. The molecule has 0 aliphatic carbocycles. The van der Waals surface area contributed by atoms with Crippen molar-refractivity contribution in [2.24, 2.45) is 0 Å². The fourth-order valence-electron chi connectivity index (χ4n) is 2.89. The molecule has 0 atom stereocenters. The van der Waals surface area contributed by atoms with Gasteiger partial charge >= 0.3 is 0 Å². The predicted octanol–water partition coefficient (Wildman–Crippen LogP) is 4.05. The zero-order chi connectivity index (χ0) is 18.5. The van der Waals surface area contributed by atoms with Gasteiger partial charge in [-0.25, -0.2) is 0 Å². The lowest BCUT2D eigenvalue weighted by molar-refractivity contribution is -0.121. The number of rotatable bonds is 6. The Kier molecular flexibility index (Phi) is 5.56. The van der Waals surface area contributed by atoms with E-state index in [1.807, 2.05) is 43.3 Å². The van der Waals surface area contributed by atoms with Gasteiger partial charge in [-0.05, 0) is 37.1 Å². The number of unbranched alkanes of at least 4 members (excludes halogenated alkanes) is 1. The molecule has 0 saturated carbocycles. The van der Waals surface area contributed by atoms with Crippen LogP contribution in [0.4, 0.5) is 11.4 Å². The van der Waals surface area contributed by atoms with Gasteiger partial charge in [-0.2, -0.15) is 0 Å². The minimum Gasteiger partial charge on any atom is -0.482 e. The number of aryl methyl sites for hydroxylation is 1. The van der Waals surface area contributed by atoms with Crippen LogP contribution in [-0.2, 0) is 16.1 Å². The lowest BCUT2D eigenvalue weighted by atomic mass is 10.1. The third-order valence-electron chi connectivity index (χ3n) is 4.40. The van der Waals surface area contributed by atoms with Gasteiger partial charge in [-0.15, -0.1) is 0 Å². The number of carbonyl (C=O) groups excluding carboxylic acids is 2. The van der Waals surface area contributed by atoms with E-state index in [0.29, 0.717) is 30.1 Å². The zero-order valence-corrected chi connectivity index (χ0v) is 15.2. The van der Waals surface area contributed by atoms with E-state index in [4.69, 9.17) is 4.74 Å². The number of nitrogens with zero attached hydrogens (tertiary/aromatic N) is 1. The first kappa shape index (κ1) is 18.0. The van der Waals surface area contributed by atoms with Gasteiger partial charge in [-0.3, -0.25) is 9.59 Å². The minimum absolute atomic E-state index is 0.0139. The summed E-state index contributed by atoms with van der Waals surface area (Å²) in [7, 11) is 0. The molecule has 0 saturated heterocycles. The first-order valence-corrected chi connectivity index (χ1v) is 8.99. The maximum atomic E-state index is 12.4. The van der Waals surface area contributed by atoms with E-state index in [-0.39, 0.29) is 18.4 Å². The highest BCUT2D eigenvalue weighted by Crippen LogP contribution is 2.35. The molecule has 3 rings (SSSR count). The molecular formula is C21H24N2O3. The SMILES string of the molecule is CCCCC(=O)Nc1ccc2c(c1)N(Cc1ccc(C)cc1)C(=O)CO2. The van der Waals surface area contributed by atoms with E-state index < -0.39 is 0 Å². The Labute approximate surface area is 154 Å². The third kappa shape index (κ3) is 4.23. The number of fused-ring (bicyclic) bond motifs is 1. The number of ether oxygens (including phenoxy) is 1. The summed E-state index contributed by atoms with van der Waals surface area (Å²) in [5.41, 5.74) is 3.60. The van der Waals surface area contributed by atoms with Crippen LogP contribution < -0.4 is 15.0 Å². The molecule has 5 nitrogen and oxygen atoms in total. The maximum absolute atomic E-state index is 12.4. The van der Waals surface area contributed by atoms with Gasteiger partial charge in [-0.1, -0.05) is 43.2 Å². The standard InChI is InChI=1S/C21H24N2O3/c1-3-4-5-20(24)22-17-10-11-19-18(12-17)23(21(25)14-26-19)13-16-8-6-15(2)7-9-16/h6-12H,3-5,13-14H2,1-2H3,(H,22,24). The summed E-state index contributed by atoms with van der Waals surface area (Å²) in [6, 6.07) is 13.5. The van der Waals surface area contributed by atoms with Crippen molar-refractivity contribution in [3.63, 3.8) is 0 Å². The Bertz CT molecular complexity index is 799. The van der Waals surface area contributed by atoms with E-state index in [9.17, 15) is 9.59 Å². The van der Waals surface area contributed by atoms with E-state index in [1.54, 1.807) is 11.0 Å². The molecule has 1 aliphatic heterocycles. The Balaban J connectivity index is 1.82. The molecule has 0 radical (unpaired) electrons. The summed E-state index contributed by atoms with van der Waals surface area (Å²) in [5.74, 6) is 0.552. The topological polar surface area (TPSA) is 58.6 Å². The van der Waals surface area contributed by atoms with E-state index in [1.165, 1.54) is 5.56 Å². The van der Waals surface area contributed by atoms with Crippen LogP contribution in [0.2, 0.25) is 0 Å². The van der Waals surface area contributed by atoms with Crippen molar-refractivity contribution in [3.8, 4) is 5.75 Å². The summed E-state index contributed by atoms with van der Waals surface area (Å²) in [6.45, 7) is 4.59. The average molecular weight is 352 g/mol. The highest BCUT2D eigenvalue weighted by molar-refractivity contribution is 5.99. The molecule has 0 bridgehead atoms. The highest BCUT2D eigenvalue weighted by Gasteiger charge is 2.26. The maximum Gasteiger partial charge on any atom is 0.265 e. The molecular weight excluding hydrogens is 328 g/mol. The van der Waals surface area contributed by atoms with Crippen molar-refractivity contribution in [3.05, 3.63) is 53.6 Å². The van der Waals surface area contributed by atoms with Crippen LogP contribution >= 0.6 is 0 Å². The van der Waals surface area contributed by atoms with Crippen molar-refractivity contribution in [1.29, 1.82) is 0 Å². The van der Waals surface area contributed by atoms with Crippen LogP contribution in [0, 0.1) is 6.92 Å². The summed E-state index contributed by atoms with van der Waals surface area (Å²) in [4.78, 5) is 26.1. The molecule has 2 aromatic carbocycles. The van der Waals surface area contributed by atoms with Crippen molar-refractivity contribution < 1.29 is 14.3 Å². The number of hydrogen-bond acceptors (Lipinski definition) is 3. The molecule has 1 heterocycles.